The van der Waals surface area contributed by atoms with Crippen LogP contribution >= 0.6 is 23.2 Å². The number of rotatable bonds is 13. The van der Waals surface area contributed by atoms with Crippen molar-refractivity contribution in [3.05, 3.63) is 46.0 Å². The quantitative estimate of drug-likeness (QED) is 0.118. The Labute approximate surface area is 209 Å². The number of hydrogen-bond donors (Lipinski definition) is 5. The Morgan fingerprint density at radius 1 is 1.18 bits per heavy atom. The number of benzene rings is 1. The molecule has 2 atom stereocenters. The largest absolute Gasteiger partial charge is 0.475 e. The molecule has 0 aliphatic carbocycles. The smallest absolute Gasteiger partial charge is 0.426 e. The molecule has 0 radical (unpaired) electrons. The lowest BCUT2D eigenvalue weighted by atomic mass is 9.75. The van der Waals surface area contributed by atoms with Crippen LogP contribution < -0.4 is 16.0 Å². The second-order valence-electron chi connectivity index (χ2n) is 8.15. The molecule has 0 bridgehead atoms. The SMILES string of the molecule is C=C(C#N)C(=O)NCCCC[C@H](NC(=O)c1cc(Cl)ccc1Cl)C(=O)N[C@@H](CC(C)C)B(O)O. The Balaban J connectivity index is 2.88. The van der Waals surface area contributed by atoms with Crippen LogP contribution in [0.4, 0.5) is 0 Å². The lowest BCUT2D eigenvalue weighted by Gasteiger charge is -2.24. The molecule has 0 unspecified atom stereocenters. The maximum Gasteiger partial charge on any atom is 0.475 e. The van der Waals surface area contributed by atoms with Crippen molar-refractivity contribution in [3.63, 3.8) is 0 Å². The van der Waals surface area contributed by atoms with E-state index in [1.165, 1.54) is 18.2 Å². The van der Waals surface area contributed by atoms with Crippen LogP contribution in [0.5, 0.6) is 0 Å². The van der Waals surface area contributed by atoms with E-state index in [2.05, 4.69) is 22.5 Å². The van der Waals surface area contributed by atoms with Crippen LogP contribution in [0.25, 0.3) is 0 Å². The molecule has 0 aliphatic rings. The maximum absolute atomic E-state index is 12.9. The summed E-state index contributed by atoms with van der Waals surface area (Å²) in [5.74, 6) is -2.62. The number of nitriles is 1. The molecule has 5 N–H and O–H groups in total. The van der Waals surface area contributed by atoms with E-state index in [0.29, 0.717) is 24.3 Å². The molecule has 3 amide bonds. The van der Waals surface area contributed by atoms with Crippen molar-refractivity contribution >= 4 is 48.0 Å². The Hall–Kier alpha value is -2.58. The van der Waals surface area contributed by atoms with Crippen molar-refractivity contribution < 1.29 is 24.4 Å². The highest BCUT2D eigenvalue weighted by atomic mass is 35.5. The number of nitrogens with zero attached hydrogens (tertiary/aromatic N) is 1. The van der Waals surface area contributed by atoms with E-state index in [1.54, 1.807) is 6.07 Å². The predicted molar refractivity (Wildman–Crippen MR) is 131 cm³/mol. The van der Waals surface area contributed by atoms with Crippen LogP contribution in [0.3, 0.4) is 0 Å². The van der Waals surface area contributed by atoms with Crippen LogP contribution in [0, 0.1) is 17.2 Å². The summed E-state index contributed by atoms with van der Waals surface area (Å²) < 4.78 is 0. The van der Waals surface area contributed by atoms with Crippen molar-refractivity contribution in [3.8, 4) is 6.07 Å². The molecule has 0 aromatic heterocycles. The van der Waals surface area contributed by atoms with Crippen molar-refractivity contribution in [1.29, 1.82) is 5.26 Å². The second kappa shape index (κ2) is 14.6. The van der Waals surface area contributed by atoms with E-state index in [9.17, 15) is 24.4 Å². The summed E-state index contributed by atoms with van der Waals surface area (Å²) in [5.41, 5.74) is -0.114. The minimum Gasteiger partial charge on any atom is -0.426 e. The van der Waals surface area contributed by atoms with Crippen LogP contribution in [0.2, 0.25) is 10.0 Å². The zero-order valence-electron chi connectivity index (χ0n) is 19.1. The molecule has 1 aromatic rings. The molecule has 0 saturated heterocycles. The van der Waals surface area contributed by atoms with Crippen molar-refractivity contribution in [1.82, 2.24) is 16.0 Å². The van der Waals surface area contributed by atoms with E-state index in [4.69, 9.17) is 28.5 Å². The van der Waals surface area contributed by atoms with E-state index in [0.717, 1.165) is 0 Å². The fraction of sp³-hybridized carbons (Fsp3) is 0.455. The molecule has 12 heteroatoms. The minimum atomic E-state index is -1.77. The number of carbonyl (C=O) groups excluding carboxylic acids is 3. The molecule has 0 saturated carbocycles. The molecule has 1 rings (SSSR count). The second-order valence-corrected chi connectivity index (χ2v) is 8.99. The van der Waals surface area contributed by atoms with E-state index in [1.807, 2.05) is 13.8 Å². The van der Waals surface area contributed by atoms with E-state index < -0.39 is 36.8 Å². The van der Waals surface area contributed by atoms with Gasteiger partial charge >= 0.3 is 7.12 Å². The monoisotopic (exact) mass is 510 g/mol. The predicted octanol–water partition coefficient (Wildman–Crippen LogP) is 2.00. The third-order valence-electron chi connectivity index (χ3n) is 4.82. The summed E-state index contributed by atoms with van der Waals surface area (Å²) in [6.45, 7) is 7.31. The Morgan fingerprint density at radius 2 is 1.85 bits per heavy atom. The minimum absolute atomic E-state index is 0.0807. The van der Waals surface area contributed by atoms with Crippen LogP contribution in [0.15, 0.2) is 30.4 Å². The molecule has 0 fully saturated rings. The molecular formula is C22H29BCl2N4O5. The third-order valence-corrected chi connectivity index (χ3v) is 5.39. The van der Waals surface area contributed by atoms with Gasteiger partial charge in [-0.05, 0) is 49.8 Å². The Kier molecular flexibility index (Phi) is 12.7. The zero-order chi connectivity index (χ0) is 25.8. The Bertz CT molecular complexity index is 936. The first-order chi connectivity index (χ1) is 16.0. The number of carbonyl (C=O) groups is 3. The maximum atomic E-state index is 12.9. The molecule has 0 heterocycles. The molecule has 34 heavy (non-hydrogen) atoms. The number of unbranched alkanes of at least 4 members (excludes halogenated alkanes) is 1. The van der Waals surface area contributed by atoms with Crippen molar-refractivity contribution in [2.45, 2.75) is 51.5 Å². The van der Waals surface area contributed by atoms with E-state index >= 15 is 0 Å². The summed E-state index contributed by atoms with van der Waals surface area (Å²) >= 11 is 12.0. The van der Waals surface area contributed by atoms with Gasteiger partial charge in [0.25, 0.3) is 11.8 Å². The van der Waals surface area contributed by atoms with E-state index in [-0.39, 0.29) is 35.0 Å². The average Bonchev–Trinajstić information content (AvgIpc) is 2.77. The molecule has 1 aromatic carbocycles. The van der Waals surface area contributed by atoms with Crippen LogP contribution in [-0.4, -0.2) is 53.4 Å². The number of nitrogens with one attached hydrogen (secondary N) is 3. The summed E-state index contributed by atoms with van der Waals surface area (Å²) in [4.78, 5) is 37.3. The lowest BCUT2D eigenvalue weighted by Crippen LogP contribution is -2.54. The van der Waals surface area contributed by atoms with Gasteiger partial charge in [-0.25, -0.2) is 0 Å². The summed E-state index contributed by atoms with van der Waals surface area (Å²) in [5, 5.41) is 36.1. The fourth-order valence-corrected chi connectivity index (χ4v) is 3.43. The topological polar surface area (TPSA) is 152 Å². The molecule has 0 aliphatic heterocycles. The third kappa shape index (κ3) is 10.1. The van der Waals surface area contributed by atoms with Crippen LogP contribution in [-0.2, 0) is 9.59 Å². The summed E-state index contributed by atoms with van der Waals surface area (Å²) in [7, 11) is -1.77. The molecule has 184 valence electrons. The Morgan fingerprint density at radius 3 is 2.44 bits per heavy atom. The molecule has 9 nitrogen and oxygen atoms in total. The normalized spacial score (nSPS) is 12.3. The van der Waals surface area contributed by atoms with Gasteiger partial charge in [0, 0.05) is 11.6 Å². The van der Waals surface area contributed by atoms with Crippen LogP contribution in [0.1, 0.15) is 49.9 Å². The van der Waals surface area contributed by atoms with Gasteiger partial charge in [-0.3, -0.25) is 14.4 Å². The zero-order valence-corrected chi connectivity index (χ0v) is 20.6. The van der Waals surface area contributed by atoms with Gasteiger partial charge in [-0.1, -0.05) is 43.6 Å². The fourth-order valence-electron chi connectivity index (χ4n) is 3.06. The summed E-state index contributed by atoms with van der Waals surface area (Å²) in [6.07, 6.45) is 1.40. The first kappa shape index (κ1) is 29.5. The van der Waals surface area contributed by atoms with Gasteiger partial charge < -0.3 is 26.0 Å². The van der Waals surface area contributed by atoms with Gasteiger partial charge in [0.05, 0.1) is 16.5 Å². The van der Waals surface area contributed by atoms with Gasteiger partial charge in [-0.2, -0.15) is 5.26 Å². The van der Waals surface area contributed by atoms with Gasteiger partial charge in [0.15, 0.2) is 0 Å². The molecule has 0 spiro atoms. The number of halogens is 2. The van der Waals surface area contributed by atoms with Gasteiger partial charge in [-0.15, -0.1) is 0 Å². The highest BCUT2D eigenvalue weighted by Crippen LogP contribution is 2.21. The summed E-state index contributed by atoms with van der Waals surface area (Å²) in [6, 6.07) is 5.02. The number of hydrogen-bond acceptors (Lipinski definition) is 6. The van der Waals surface area contributed by atoms with Gasteiger partial charge in [0.2, 0.25) is 5.91 Å². The first-order valence-electron chi connectivity index (χ1n) is 10.8. The first-order valence-corrected chi connectivity index (χ1v) is 11.5. The lowest BCUT2D eigenvalue weighted by molar-refractivity contribution is -0.123. The van der Waals surface area contributed by atoms with Crippen molar-refractivity contribution in [2.24, 2.45) is 5.92 Å². The number of amides is 3. The standard InChI is InChI=1S/C22H29BCl2N4O5/c1-13(2)10-19(23(33)34)29-22(32)18(6-4-5-9-27-20(30)14(3)12-26)28-21(31)16-11-15(24)7-8-17(16)25/h7-8,11,13,18-19,33-34H,3-6,9-10H2,1-2H3,(H,27,30)(H,28,31)(H,29,32)/t18-,19-/m0/s1. The van der Waals surface area contributed by atoms with Gasteiger partial charge in [0.1, 0.15) is 17.7 Å². The van der Waals surface area contributed by atoms with Crippen molar-refractivity contribution in [2.75, 3.05) is 6.54 Å². The highest BCUT2D eigenvalue weighted by Gasteiger charge is 2.30. The molecular weight excluding hydrogens is 482 g/mol. The average molecular weight is 511 g/mol. The highest BCUT2D eigenvalue weighted by molar-refractivity contribution is 6.43.